The number of aromatic nitrogens is 2. The molecule has 5 nitrogen and oxygen atoms in total. The van der Waals surface area contributed by atoms with E-state index < -0.39 is 0 Å². The van der Waals surface area contributed by atoms with Crippen molar-refractivity contribution in [3.05, 3.63) is 66.0 Å². The number of hydrogen-bond donors (Lipinski definition) is 2. The van der Waals surface area contributed by atoms with Gasteiger partial charge in [-0.15, -0.1) is 0 Å². The summed E-state index contributed by atoms with van der Waals surface area (Å²) in [7, 11) is 0. The average molecular weight is 292 g/mol. The zero-order valence-electron chi connectivity index (χ0n) is 12.2. The van der Waals surface area contributed by atoms with Gasteiger partial charge in [-0.05, 0) is 24.6 Å². The van der Waals surface area contributed by atoms with E-state index in [0.717, 1.165) is 22.3 Å². The first-order chi connectivity index (χ1) is 10.7. The van der Waals surface area contributed by atoms with Crippen LogP contribution in [0.3, 0.4) is 0 Å². The van der Waals surface area contributed by atoms with Crippen LogP contribution >= 0.6 is 0 Å². The third-order valence-corrected chi connectivity index (χ3v) is 3.31. The van der Waals surface area contributed by atoms with Gasteiger partial charge in [-0.3, -0.25) is 4.79 Å². The zero-order valence-corrected chi connectivity index (χ0v) is 12.2. The summed E-state index contributed by atoms with van der Waals surface area (Å²) in [6, 6.07) is 17.4. The molecule has 0 bridgehead atoms. The van der Waals surface area contributed by atoms with Crippen LogP contribution in [0.5, 0.6) is 0 Å². The fraction of sp³-hybridized carbons (Fsp3) is 0.118. The maximum atomic E-state index is 11.9. The minimum absolute atomic E-state index is 0.167. The molecule has 1 amide bonds. The minimum Gasteiger partial charge on any atom is -0.342 e. The minimum atomic E-state index is -0.200. The van der Waals surface area contributed by atoms with Crippen LogP contribution in [-0.2, 0) is 11.2 Å². The molecule has 2 aromatic carbocycles. The Balaban J connectivity index is 1.65. The highest BCUT2D eigenvalue weighted by Gasteiger charge is 2.07. The Morgan fingerprint density at radius 2 is 1.86 bits per heavy atom. The Morgan fingerprint density at radius 3 is 2.64 bits per heavy atom. The van der Waals surface area contributed by atoms with Crippen molar-refractivity contribution in [3.63, 3.8) is 0 Å². The normalized spacial score (nSPS) is 11.6. The fourth-order valence-corrected chi connectivity index (χ4v) is 2.17. The van der Waals surface area contributed by atoms with E-state index in [2.05, 4.69) is 20.5 Å². The van der Waals surface area contributed by atoms with Crippen molar-refractivity contribution < 1.29 is 4.79 Å². The number of benzene rings is 2. The van der Waals surface area contributed by atoms with Gasteiger partial charge < -0.3 is 4.98 Å². The summed E-state index contributed by atoms with van der Waals surface area (Å²) in [4.78, 5) is 19.4. The van der Waals surface area contributed by atoms with Gasteiger partial charge in [0.15, 0.2) is 0 Å². The van der Waals surface area contributed by atoms with Crippen molar-refractivity contribution in [1.29, 1.82) is 0 Å². The number of H-pyrrole nitrogens is 1. The van der Waals surface area contributed by atoms with Gasteiger partial charge in [0.05, 0.1) is 23.2 Å². The predicted octanol–water partition coefficient (Wildman–Crippen LogP) is 2.65. The van der Waals surface area contributed by atoms with Crippen molar-refractivity contribution >= 4 is 22.7 Å². The van der Waals surface area contributed by atoms with Crippen molar-refractivity contribution in [1.82, 2.24) is 15.4 Å². The van der Waals surface area contributed by atoms with Gasteiger partial charge in [-0.25, -0.2) is 10.4 Å². The van der Waals surface area contributed by atoms with Crippen molar-refractivity contribution in [2.75, 3.05) is 0 Å². The number of nitrogens with zero attached hydrogens (tertiary/aromatic N) is 2. The number of para-hydroxylation sites is 2. The van der Waals surface area contributed by atoms with Crippen LogP contribution in [0.25, 0.3) is 11.0 Å². The van der Waals surface area contributed by atoms with Gasteiger partial charge in [0.1, 0.15) is 5.82 Å². The first-order valence-electron chi connectivity index (χ1n) is 7.04. The molecule has 0 radical (unpaired) electrons. The van der Waals surface area contributed by atoms with Gasteiger partial charge in [-0.1, -0.05) is 42.5 Å². The molecule has 0 aliphatic carbocycles. The highest BCUT2D eigenvalue weighted by molar-refractivity contribution is 5.99. The molecule has 0 atom stereocenters. The summed E-state index contributed by atoms with van der Waals surface area (Å²) >= 11 is 0. The monoisotopic (exact) mass is 292 g/mol. The maximum Gasteiger partial charge on any atom is 0.247 e. The van der Waals surface area contributed by atoms with Crippen molar-refractivity contribution in [2.24, 2.45) is 5.10 Å². The summed E-state index contributed by atoms with van der Waals surface area (Å²) in [5, 5.41) is 4.12. The molecule has 22 heavy (non-hydrogen) atoms. The second-order valence-electron chi connectivity index (χ2n) is 4.98. The van der Waals surface area contributed by atoms with Crippen LogP contribution in [0.2, 0.25) is 0 Å². The molecule has 0 saturated carbocycles. The molecule has 3 aromatic rings. The average Bonchev–Trinajstić information content (AvgIpc) is 2.95. The Kier molecular flexibility index (Phi) is 3.96. The number of carbonyl (C=O) groups is 1. The summed E-state index contributed by atoms with van der Waals surface area (Å²) in [6.45, 7) is 1.86. The third-order valence-electron chi connectivity index (χ3n) is 3.31. The molecule has 0 saturated heterocycles. The molecule has 0 aliphatic heterocycles. The molecule has 0 aliphatic rings. The van der Waals surface area contributed by atoms with E-state index in [9.17, 15) is 4.79 Å². The SMILES string of the molecule is C/C(=N\NC(=O)Cc1nc2ccccc2[nH]1)c1ccccc1. The van der Waals surface area contributed by atoms with Gasteiger partial charge in [-0.2, -0.15) is 5.10 Å². The van der Waals surface area contributed by atoms with E-state index in [1.54, 1.807) is 0 Å². The predicted molar refractivity (Wildman–Crippen MR) is 86.6 cm³/mol. The zero-order chi connectivity index (χ0) is 15.4. The highest BCUT2D eigenvalue weighted by Crippen LogP contribution is 2.10. The second-order valence-corrected chi connectivity index (χ2v) is 4.98. The fourth-order valence-electron chi connectivity index (χ4n) is 2.17. The van der Waals surface area contributed by atoms with E-state index >= 15 is 0 Å². The lowest BCUT2D eigenvalue weighted by Gasteiger charge is -2.01. The van der Waals surface area contributed by atoms with E-state index in [-0.39, 0.29) is 12.3 Å². The van der Waals surface area contributed by atoms with Crippen molar-refractivity contribution in [2.45, 2.75) is 13.3 Å². The Morgan fingerprint density at radius 1 is 1.14 bits per heavy atom. The van der Waals surface area contributed by atoms with Crippen molar-refractivity contribution in [3.8, 4) is 0 Å². The van der Waals surface area contributed by atoms with Gasteiger partial charge in [0.2, 0.25) is 5.91 Å². The molecule has 0 fully saturated rings. The lowest BCUT2D eigenvalue weighted by atomic mass is 10.1. The maximum absolute atomic E-state index is 11.9. The Bertz CT molecular complexity index is 788. The van der Waals surface area contributed by atoms with Gasteiger partial charge >= 0.3 is 0 Å². The standard InChI is InChI=1S/C17H16N4O/c1-12(13-7-3-2-4-8-13)20-21-17(22)11-16-18-14-9-5-6-10-15(14)19-16/h2-10H,11H2,1H3,(H,18,19)(H,21,22)/b20-12+. The van der Waals surface area contributed by atoms with E-state index in [4.69, 9.17) is 0 Å². The molecule has 5 heteroatoms. The molecule has 1 heterocycles. The lowest BCUT2D eigenvalue weighted by Crippen LogP contribution is -2.21. The number of imidazole rings is 1. The lowest BCUT2D eigenvalue weighted by molar-refractivity contribution is -0.120. The number of nitrogens with one attached hydrogen (secondary N) is 2. The summed E-state index contributed by atoms with van der Waals surface area (Å²) < 4.78 is 0. The Hall–Kier alpha value is -2.95. The number of carbonyl (C=O) groups excluding carboxylic acids is 1. The first kappa shape index (κ1) is 14.0. The van der Waals surface area contributed by atoms with Crippen LogP contribution < -0.4 is 5.43 Å². The number of hydrazone groups is 1. The number of aromatic amines is 1. The quantitative estimate of drug-likeness (QED) is 0.573. The number of rotatable bonds is 4. The molecule has 3 rings (SSSR count). The smallest absolute Gasteiger partial charge is 0.247 e. The summed E-state index contributed by atoms with van der Waals surface area (Å²) in [5.74, 6) is 0.431. The van der Waals surface area contributed by atoms with Gasteiger partial charge in [0.25, 0.3) is 0 Å². The van der Waals surface area contributed by atoms with E-state index in [0.29, 0.717) is 5.82 Å². The highest BCUT2D eigenvalue weighted by atomic mass is 16.2. The topological polar surface area (TPSA) is 70.1 Å². The van der Waals surface area contributed by atoms with Crippen LogP contribution in [0.1, 0.15) is 18.3 Å². The molecular weight excluding hydrogens is 276 g/mol. The first-order valence-corrected chi connectivity index (χ1v) is 7.04. The molecule has 2 N–H and O–H groups in total. The number of amides is 1. The molecule has 110 valence electrons. The molecular formula is C17H16N4O. The molecule has 0 spiro atoms. The molecule has 1 aromatic heterocycles. The van der Waals surface area contributed by atoms with Gasteiger partial charge in [0, 0.05) is 0 Å². The molecule has 0 unspecified atom stereocenters. The van der Waals surface area contributed by atoms with E-state index in [1.165, 1.54) is 0 Å². The number of fused-ring (bicyclic) bond motifs is 1. The summed E-state index contributed by atoms with van der Waals surface area (Å²) in [5.41, 5.74) is 6.08. The number of hydrogen-bond acceptors (Lipinski definition) is 3. The van der Waals surface area contributed by atoms with Crippen LogP contribution in [0.15, 0.2) is 59.7 Å². The Labute approximate surface area is 128 Å². The summed E-state index contributed by atoms with van der Waals surface area (Å²) in [6.07, 6.45) is 0.167. The third kappa shape index (κ3) is 3.20. The van der Waals surface area contributed by atoms with Crippen LogP contribution in [0, 0.1) is 0 Å². The van der Waals surface area contributed by atoms with Crippen LogP contribution in [-0.4, -0.2) is 21.6 Å². The van der Waals surface area contributed by atoms with Crippen LogP contribution in [0.4, 0.5) is 0 Å². The van der Waals surface area contributed by atoms with E-state index in [1.807, 2.05) is 61.5 Å². The largest absolute Gasteiger partial charge is 0.342 e. The second kappa shape index (κ2) is 6.22.